The molecule has 0 aliphatic rings. The van der Waals surface area contributed by atoms with E-state index in [-0.39, 0.29) is 24.0 Å². The van der Waals surface area contributed by atoms with Crippen molar-refractivity contribution in [3.8, 4) is 11.5 Å². The summed E-state index contributed by atoms with van der Waals surface area (Å²) in [5, 5.41) is 28.6. The number of hydrogen-bond acceptors (Lipinski definition) is 4. The second-order valence-corrected chi connectivity index (χ2v) is 4.32. The van der Waals surface area contributed by atoms with Gasteiger partial charge in [0.2, 0.25) is 0 Å². The smallest absolute Gasteiger partial charge is 0.307 e. The molecule has 1 rings (SSSR count). The maximum absolute atomic E-state index is 11.0. The molecule has 0 heterocycles. The molecule has 1 aromatic rings. The lowest BCUT2D eigenvalue weighted by molar-refractivity contribution is -0.141. The van der Waals surface area contributed by atoms with Crippen LogP contribution in [-0.4, -0.2) is 27.8 Å². The van der Waals surface area contributed by atoms with E-state index in [9.17, 15) is 15.0 Å². The predicted molar refractivity (Wildman–Crippen MR) is 67.6 cm³/mol. The molecule has 0 spiro atoms. The van der Waals surface area contributed by atoms with E-state index in [1.807, 2.05) is 6.92 Å². The summed E-state index contributed by atoms with van der Waals surface area (Å²) in [6, 6.07) is 4.50. The minimum absolute atomic E-state index is 0.0111. The van der Waals surface area contributed by atoms with Gasteiger partial charge >= 0.3 is 5.97 Å². The molecule has 100 valence electrons. The van der Waals surface area contributed by atoms with E-state index >= 15 is 0 Å². The van der Waals surface area contributed by atoms with Gasteiger partial charge in [-0.2, -0.15) is 0 Å². The Morgan fingerprint density at radius 1 is 1.33 bits per heavy atom. The first kappa shape index (κ1) is 14.3. The normalized spacial score (nSPS) is 14.1. The number of nitrogens with two attached hydrogens (primary N) is 1. The first-order valence-corrected chi connectivity index (χ1v) is 5.94. The Morgan fingerprint density at radius 3 is 2.28 bits per heavy atom. The molecule has 0 aliphatic carbocycles. The number of carbonyl (C=O) groups is 1. The third-order valence-corrected chi connectivity index (χ3v) is 3.16. The van der Waals surface area contributed by atoms with Gasteiger partial charge in [-0.1, -0.05) is 13.0 Å². The number of benzene rings is 1. The summed E-state index contributed by atoms with van der Waals surface area (Å²) in [6.07, 6.45) is 0.919. The summed E-state index contributed by atoms with van der Waals surface area (Å²) < 4.78 is 0. The molecule has 0 bridgehead atoms. The van der Waals surface area contributed by atoms with Gasteiger partial charge in [-0.25, -0.2) is 0 Å². The van der Waals surface area contributed by atoms with Crippen molar-refractivity contribution >= 4 is 5.97 Å². The zero-order valence-corrected chi connectivity index (χ0v) is 10.3. The van der Waals surface area contributed by atoms with Crippen molar-refractivity contribution in [3.05, 3.63) is 23.8 Å². The highest BCUT2D eigenvalue weighted by Crippen LogP contribution is 2.38. The Hall–Kier alpha value is -1.75. The van der Waals surface area contributed by atoms with Gasteiger partial charge in [0.1, 0.15) is 11.5 Å². The Balaban J connectivity index is 2.99. The van der Waals surface area contributed by atoms with E-state index in [1.54, 1.807) is 6.07 Å². The van der Waals surface area contributed by atoms with E-state index in [0.717, 1.165) is 0 Å². The number of hydrogen-bond donors (Lipinski definition) is 4. The van der Waals surface area contributed by atoms with Gasteiger partial charge in [-0.15, -0.1) is 0 Å². The summed E-state index contributed by atoms with van der Waals surface area (Å²) >= 11 is 0. The molecular weight excluding hydrogens is 234 g/mol. The van der Waals surface area contributed by atoms with E-state index in [2.05, 4.69) is 0 Å². The van der Waals surface area contributed by atoms with Crippen molar-refractivity contribution in [2.45, 2.75) is 25.7 Å². The number of phenolic OH excluding ortho intramolecular Hbond substituents is 2. The summed E-state index contributed by atoms with van der Waals surface area (Å²) in [6.45, 7) is 1.92. The molecule has 0 amide bonds. The molecule has 18 heavy (non-hydrogen) atoms. The monoisotopic (exact) mass is 253 g/mol. The van der Waals surface area contributed by atoms with Gasteiger partial charge in [0, 0.05) is 12.1 Å². The summed E-state index contributed by atoms with van der Waals surface area (Å²) in [5.41, 5.74) is 5.83. The SMILES string of the molecule is CCC(CC(CN)C(=O)O)c1c(O)cccc1O. The number of carboxylic acids is 1. The summed E-state index contributed by atoms with van der Waals surface area (Å²) in [7, 11) is 0. The fourth-order valence-corrected chi connectivity index (χ4v) is 2.09. The van der Waals surface area contributed by atoms with Crippen LogP contribution in [-0.2, 0) is 4.79 Å². The average Bonchev–Trinajstić information content (AvgIpc) is 2.32. The van der Waals surface area contributed by atoms with Crippen LogP contribution in [0.25, 0.3) is 0 Å². The standard InChI is InChI=1S/C13H19NO4/c1-2-8(6-9(7-14)13(17)18)12-10(15)4-3-5-11(12)16/h3-5,8-9,15-16H,2,6-7,14H2,1H3,(H,17,18). The van der Waals surface area contributed by atoms with Crippen LogP contribution < -0.4 is 5.73 Å². The minimum atomic E-state index is -0.953. The molecule has 0 saturated heterocycles. The molecular formula is C13H19NO4. The Bertz CT molecular complexity index is 399. The Labute approximate surface area is 106 Å². The molecule has 0 aliphatic heterocycles. The van der Waals surface area contributed by atoms with Gasteiger partial charge in [0.15, 0.2) is 0 Å². The highest BCUT2D eigenvalue weighted by molar-refractivity contribution is 5.70. The predicted octanol–water partition coefficient (Wildman–Crippen LogP) is 1.64. The van der Waals surface area contributed by atoms with E-state index in [0.29, 0.717) is 18.4 Å². The van der Waals surface area contributed by atoms with E-state index < -0.39 is 11.9 Å². The van der Waals surface area contributed by atoms with Crippen LogP contribution in [0.5, 0.6) is 11.5 Å². The van der Waals surface area contributed by atoms with E-state index in [1.165, 1.54) is 12.1 Å². The molecule has 2 atom stereocenters. The van der Waals surface area contributed by atoms with Crippen LogP contribution in [0.2, 0.25) is 0 Å². The molecule has 0 radical (unpaired) electrons. The van der Waals surface area contributed by atoms with Crippen molar-refractivity contribution in [1.29, 1.82) is 0 Å². The molecule has 0 aromatic heterocycles. The zero-order chi connectivity index (χ0) is 13.7. The van der Waals surface area contributed by atoms with Crippen LogP contribution in [0.15, 0.2) is 18.2 Å². The zero-order valence-electron chi connectivity index (χ0n) is 10.3. The van der Waals surface area contributed by atoms with Crippen LogP contribution in [0, 0.1) is 5.92 Å². The van der Waals surface area contributed by atoms with Crippen molar-refractivity contribution < 1.29 is 20.1 Å². The van der Waals surface area contributed by atoms with Gasteiger partial charge < -0.3 is 21.1 Å². The van der Waals surface area contributed by atoms with Crippen molar-refractivity contribution in [1.82, 2.24) is 0 Å². The van der Waals surface area contributed by atoms with Gasteiger partial charge in [-0.3, -0.25) is 4.79 Å². The second-order valence-electron chi connectivity index (χ2n) is 4.32. The van der Waals surface area contributed by atoms with Crippen molar-refractivity contribution in [2.24, 2.45) is 11.7 Å². The first-order chi connectivity index (χ1) is 8.51. The second kappa shape index (κ2) is 6.26. The van der Waals surface area contributed by atoms with Crippen LogP contribution in [0.3, 0.4) is 0 Å². The quantitative estimate of drug-likeness (QED) is 0.617. The molecule has 2 unspecified atom stereocenters. The number of rotatable bonds is 6. The fraction of sp³-hybridized carbons (Fsp3) is 0.462. The Morgan fingerprint density at radius 2 is 1.89 bits per heavy atom. The van der Waals surface area contributed by atoms with Crippen LogP contribution in [0.1, 0.15) is 31.2 Å². The van der Waals surface area contributed by atoms with Crippen LogP contribution >= 0.6 is 0 Å². The number of carboxylic acid groups (broad SMARTS) is 1. The van der Waals surface area contributed by atoms with Crippen molar-refractivity contribution in [2.75, 3.05) is 6.54 Å². The highest BCUT2D eigenvalue weighted by Gasteiger charge is 2.25. The summed E-state index contributed by atoms with van der Waals surface area (Å²) in [4.78, 5) is 11.0. The molecule has 5 N–H and O–H groups in total. The average molecular weight is 253 g/mol. The molecule has 5 heteroatoms. The topological polar surface area (TPSA) is 104 Å². The Kier molecular flexibility index (Phi) is 4.97. The van der Waals surface area contributed by atoms with Crippen LogP contribution in [0.4, 0.5) is 0 Å². The van der Waals surface area contributed by atoms with Gasteiger partial charge in [-0.05, 0) is 30.9 Å². The minimum Gasteiger partial charge on any atom is -0.508 e. The molecule has 5 nitrogen and oxygen atoms in total. The number of phenols is 2. The molecule has 1 aromatic carbocycles. The number of aliphatic carboxylic acids is 1. The maximum atomic E-state index is 11.0. The van der Waals surface area contributed by atoms with E-state index in [4.69, 9.17) is 10.8 Å². The fourth-order valence-electron chi connectivity index (χ4n) is 2.09. The van der Waals surface area contributed by atoms with Crippen molar-refractivity contribution in [3.63, 3.8) is 0 Å². The van der Waals surface area contributed by atoms with Gasteiger partial charge in [0.05, 0.1) is 5.92 Å². The molecule has 0 fully saturated rings. The third kappa shape index (κ3) is 3.13. The largest absolute Gasteiger partial charge is 0.508 e. The maximum Gasteiger partial charge on any atom is 0.307 e. The lowest BCUT2D eigenvalue weighted by atomic mass is 9.86. The number of aromatic hydroxyl groups is 2. The third-order valence-electron chi connectivity index (χ3n) is 3.16. The lowest BCUT2D eigenvalue weighted by Crippen LogP contribution is -2.25. The van der Waals surface area contributed by atoms with Gasteiger partial charge in [0.25, 0.3) is 0 Å². The molecule has 0 saturated carbocycles. The first-order valence-electron chi connectivity index (χ1n) is 5.94. The lowest BCUT2D eigenvalue weighted by Gasteiger charge is -2.21. The highest BCUT2D eigenvalue weighted by atomic mass is 16.4. The summed E-state index contributed by atoms with van der Waals surface area (Å²) in [5.74, 6) is -1.87.